The fourth-order valence-corrected chi connectivity index (χ4v) is 0.704. The molecule has 0 aromatic rings. The molecule has 1 rings (SSSR count). The Morgan fingerprint density at radius 1 is 1.17 bits per heavy atom. The van der Waals surface area contributed by atoms with Gasteiger partial charge in [0, 0.05) is 6.08 Å². The summed E-state index contributed by atoms with van der Waals surface area (Å²) in [7, 11) is 0. The summed E-state index contributed by atoms with van der Waals surface area (Å²) in [6.07, 6.45) is -0.194. The highest BCUT2D eigenvalue weighted by atomic mass is 19.3. The summed E-state index contributed by atoms with van der Waals surface area (Å²) in [5.41, 5.74) is -1.68. The van der Waals surface area contributed by atoms with Gasteiger partial charge in [0.1, 0.15) is 0 Å². The third-order valence-corrected chi connectivity index (χ3v) is 1.39. The molecule has 12 heavy (non-hydrogen) atoms. The summed E-state index contributed by atoms with van der Waals surface area (Å²) in [6.45, 7) is 0. The van der Waals surface area contributed by atoms with Crippen LogP contribution in [0.3, 0.4) is 0 Å². The number of rotatable bonds is 0. The molecule has 1 aliphatic rings. The summed E-state index contributed by atoms with van der Waals surface area (Å²) >= 11 is 0. The van der Waals surface area contributed by atoms with E-state index < -0.39 is 23.4 Å². The Labute approximate surface area is 63.0 Å². The zero-order valence-corrected chi connectivity index (χ0v) is 5.36. The SMILES string of the molecule is ON=C1C=C(F)C(F)(F)C1(F)F. The van der Waals surface area contributed by atoms with Gasteiger partial charge in [-0.15, -0.1) is 0 Å². The fourth-order valence-electron chi connectivity index (χ4n) is 0.704. The number of halogens is 5. The van der Waals surface area contributed by atoms with Crippen molar-refractivity contribution in [2.75, 3.05) is 0 Å². The van der Waals surface area contributed by atoms with E-state index in [4.69, 9.17) is 5.21 Å². The minimum Gasteiger partial charge on any atom is -0.410 e. The number of alkyl halides is 4. The predicted molar refractivity (Wildman–Crippen MR) is 28.3 cm³/mol. The monoisotopic (exact) mass is 187 g/mol. The number of hydrogen-bond donors (Lipinski definition) is 1. The molecule has 0 spiro atoms. The van der Waals surface area contributed by atoms with Crippen LogP contribution in [0.1, 0.15) is 0 Å². The molecule has 1 N–H and O–H groups in total. The molecule has 0 fully saturated rings. The van der Waals surface area contributed by atoms with Crippen LogP contribution < -0.4 is 0 Å². The Hall–Kier alpha value is -1.14. The first-order valence-corrected chi connectivity index (χ1v) is 2.70. The smallest absolute Gasteiger partial charge is 0.366 e. The van der Waals surface area contributed by atoms with Crippen molar-refractivity contribution in [2.45, 2.75) is 11.8 Å². The third-order valence-electron chi connectivity index (χ3n) is 1.39. The van der Waals surface area contributed by atoms with Gasteiger partial charge >= 0.3 is 11.8 Å². The summed E-state index contributed by atoms with van der Waals surface area (Å²) in [5.74, 6) is -12.0. The van der Waals surface area contributed by atoms with E-state index in [-0.39, 0.29) is 6.08 Å². The molecule has 0 unspecified atom stereocenters. The van der Waals surface area contributed by atoms with Gasteiger partial charge in [-0.1, -0.05) is 5.16 Å². The molecule has 0 atom stereocenters. The average Bonchev–Trinajstić information content (AvgIpc) is 2.10. The van der Waals surface area contributed by atoms with E-state index in [1.807, 2.05) is 5.16 Å². The highest BCUT2D eigenvalue weighted by Gasteiger charge is 2.67. The van der Waals surface area contributed by atoms with Crippen molar-refractivity contribution in [3.63, 3.8) is 0 Å². The lowest BCUT2D eigenvalue weighted by molar-refractivity contribution is -0.145. The zero-order valence-electron chi connectivity index (χ0n) is 5.36. The van der Waals surface area contributed by atoms with Crippen LogP contribution in [0, 0.1) is 0 Å². The van der Waals surface area contributed by atoms with Crippen molar-refractivity contribution in [3.05, 3.63) is 11.9 Å². The molecule has 0 saturated carbocycles. The quantitative estimate of drug-likeness (QED) is 0.351. The maximum Gasteiger partial charge on any atom is 0.366 e. The largest absolute Gasteiger partial charge is 0.410 e. The van der Waals surface area contributed by atoms with Crippen molar-refractivity contribution < 1.29 is 27.2 Å². The van der Waals surface area contributed by atoms with Crippen LogP contribution in [0.15, 0.2) is 17.1 Å². The van der Waals surface area contributed by atoms with E-state index in [0.717, 1.165) is 0 Å². The van der Waals surface area contributed by atoms with Gasteiger partial charge in [-0.3, -0.25) is 0 Å². The lowest BCUT2D eigenvalue weighted by Gasteiger charge is -2.17. The first kappa shape index (κ1) is 8.95. The number of nitrogens with zero attached hydrogens (tertiary/aromatic N) is 1. The molecule has 0 saturated heterocycles. The highest BCUT2D eigenvalue weighted by molar-refractivity contribution is 6.04. The van der Waals surface area contributed by atoms with Gasteiger partial charge in [0.2, 0.25) is 0 Å². The van der Waals surface area contributed by atoms with Gasteiger partial charge < -0.3 is 5.21 Å². The third kappa shape index (κ3) is 0.819. The number of oxime groups is 1. The van der Waals surface area contributed by atoms with E-state index in [1.165, 1.54) is 0 Å². The molecule has 0 aliphatic heterocycles. The van der Waals surface area contributed by atoms with Crippen LogP contribution in [0.25, 0.3) is 0 Å². The molecule has 0 heterocycles. The van der Waals surface area contributed by atoms with Crippen LogP contribution in [-0.2, 0) is 0 Å². The van der Waals surface area contributed by atoms with Crippen molar-refractivity contribution in [3.8, 4) is 0 Å². The van der Waals surface area contributed by atoms with Gasteiger partial charge in [-0.05, 0) is 0 Å². The highest BCUT2D eigenvalue weighted by Crippen LogP contribution is 2.46. The van der Waals surface area contributed by atoms with Gasteiger partial charge in [-0.2, -0.15) is 17.6 Å². The van der Waals surface area contributed by atoms with Crippen LogP contribution in [0.5, 0.6) is 0 Å². The second-order valence-corrected chi connectivity index (χ2v) is 2.13. The summed E-state index contributed by atoms with van der Waals surface area (Å²) in [5, 5.41) is 9.67. The van der Waals surface area contributed by atoms with Gasteiger partial charge in [0.05, 0.1) is 0 Å². The Morgan fingerprint density at radius 3 is 1.83 bits per heavy atom. The molecular formula is C5H2F5NO. The minimum atomic E-state index is -4.91. The van der Waals surface area contributed by atoms with E-state index in [0.29, 0.717) is 0 Å². The fraction of sp³-hybridized carbons (Fsp3) is 0.400. The van der Waals surface area contributed by atoms with Gasteiger partial charge in [-0.25, -0.2) is 4.39 Å². The second-order valence-electron chi connectivity index (χ2n) is 2.13. The van der Waals surface area contributed by atoms with E-state index in [2.05, 4.69) is 0 Å². The Balaban J connectivity index is 3.22. The molecule has 0 aromatic heterocycles. The number of hydrogen-bond acceptors (Lipinski definition) is 2. The van der Waals surface area contributed by atoms with Gasteiger partial charge in [0.15, 0.2) is 11.5 Å². The molecule has 0 amide bonds. The number of allylic oxidation sites excluding steroid dienone is 2. The van der Waals surface area contributed by atoms with Crippen LogP contribution in [0.2, 0.25) is 0 Å². The van der Waals surface area contributed by atoms with Gasteiger partial charge in [0.25, 0.3) is 0 Å². The molecule has 0 bridgehead atoms. The van der Waals surface area contributed by atoms with E-state index in [9.17, 15) is 22.0 Å². The maximum atomic E-state index is 12.3. The topological polar surface area (TPSA) is 32.6 Å². The van der Waals surface area contributed by atoms with E-state index >= 15 is 0 Å². The van der Waals surface area contributed by atoms with Crippen molar-refractivity contribution in [1.82, 2.24) is 0 Å². The molecule has 1 aliphatic carbocycles. The average molecular weight is 187 g/mol. The lowest BCUT2D eigenvalue weighted by Crippen LogP contribution is -2.41. The minimum absolute atomic E-state index is 0.194. The molecule has 68 valence electrons. The zero-order chi connectivity index (χ0) is 9.57. The summed E-state index contributed by atoms with van der Waals surface area (Å²) in [6, 6.07) is 0. The van der Waals surface area contributed by atoms with Crippen LogP contribution in [0.4, 0.5) is 22.0 Å². The molecule has 0 aromatic carbocycles. The predicted octanol–water partition coefficient (Wildman–Crippen LogP) is 1.95. The first-order chi connectivity index (χ1) is 5.34. The van der Waals surface area contributed by atoms with Crippen molar-refractivity contribution >= 4 is 5.71 Å². The molecular weight excluding hydrogens is 185 g/mol. The normalized spacial score (nSPS) is 29.1. The van der Waals surface area contributed by atoms with Crippen molar-refractivity contribution in [2.24, 2.45) is 5.16 Å². The van der Waals surface area contributed by atoms with Crippen molar-refractivity contribution in [1.29, 1.82) is 0 Å². The summed E-state index contributed by atoms with van der Waals surface area (Å²) in [4.78, 5) is 0. The standard InChI is InChI=1S/C5H2F5NO/c6-2-1-3(11-12)5(9,10)4(2,7)8/h1,12H. The van der Waals surface area contributed by atoms with Crippen LogP contribution in [-0.4, -0.2) is 22.8 Å². The van der Waals surface area contributed by atoms with Crippen LogP contribution >= 0.6 is 0 Å². The Kier molecular flexibility index (Phi) is 1.62. The lowest BCUT2D eigenvalue weighted by atomic mass is 10.2. The Morgan fingerprint density at radius 2 is 1.67 bits per heavy atom. The first-order valence-electron chi connectivity index (χ1n) is 2.70. The Bertz CT molecular complexity index is 269. The molecule has 2 nitrogen and oxygen atoms in total. The molecule has 0 radical (unpaired) electrons. The second kappa shape index (κ2) is 2.18. The van der Waals surface area contributed by atoms with E-state index in [1.54, 1.807) is 0 Å². The maximum absolute atomic E-state index is 12.3. The molecule has 7 heteroatoms. The summed E-state index contributed by atoms with van der Waals surface area (Å²) < 4.78 is 61.0.